The fraction of sp³-hybridized carbons (Fsp3) is 0.467. The highest BCUT2D eigenvalue weighted by Crippen LogP contribution is 2.20. The van der Waals surface area contributed by atoms with Gasteiger partial charge >= 0.3 is 0 Å². The van der Waals surface area contributed by atoms with Crippen molar-refractivity contribution in [3.8, 4) is 0 Å². The van der Waals surface area contributed by atoms with Crippen molar-refractivity contribution in [2.45, 2.75) is 38.6 Å². The van der Waals surface area contributed by atoms with E-state index in [1.807, 2.05) is 23.7 Å². The van der Waals surface area contributed by atoms with Crippen molar-refractivity contribution in [3.63, 3.8) is 0 Å². The quantitative estimate of drug-likeness (QED) is 0.917. The van der Waals surface area contributed by atoms with Crippen LogP contribution in [0.2, 0.25) is 0 Å². The molecule has 106 valence electrons. The van der Waals surface area contributed by atoms with Crippen LogP contribution in [0.4, 0.5) is 0 Å². The third-order valence-corrected chi connectivity index (χ3v) is 4.58. The maximum absolute atomic E-state index is 11.8. The Bertz CT molecular complexity index is 574. The molecule has 20 heavy (non-hydrogen) atoms. The maximum atomic E-state index is 11.8. The van der Waals surface area contributed by atoms with Crippen LogP contribution in [0.15, 0.2) is 23.7 Å². The molecule has 1 N–H and O–H groups in total. The number of carbonyl (C=O) groups excluding carboxylic acids is 1. The Morgan fingerprint density at radius 2 is 2.30 bits per heavy atom. The number of nitrogens with one attached hydrogen (secondary N) is 1. The molecule has 0 aromatic carbocycles. The largest absolute Gasteiger partial charge is 0.354 e. The van der Waals surface area contributed by atoms with Gasteiger partial charge in [0.05, 0.1) is 19.2 Å². The number of aromatic nitrogens is 2. The van der Waals surface area contributed by atoms with Gasteiger partial charge in [-0.05, 0) is 42.7 Å². The Labute approximate surface area is 122 Å². The lowest BCUT2D eigenvalue weighted by molar-refractivity contribution is -0.120. The van der Waals surface area contributed by atoms with E-state index in [1.54, 1.807) is 11.3 Å². The lowest BCUT2D eigenvalue weighted by Crippen LogP contribution is -2.29. The van der Waals surface area contributed by atoms with Crippen molar-refractivity contribution in [1.82, 2.24) is 15.1 Å². The number of hydrogen-bond acceptors (Lipinski definition) is 3. The van der Waals surface area contributed by atoms with E-state index in [0.29, 0.717) is 13.0 Å². The summed E-state index contributed by atoms with van der Waals surface area (Å²) in [4.78, 5) is 12.9. The van der Waals surface area contributed by atoms with Crippen LogP contribution < -0.4 is 5.32 Å². The van der Waals surface area contributed by atoms with Crippen molar-refractivity contribution in [3.05, 3.63) is 39.8 Å². The van der Waals surface area contributed by atoms with Gasteiger partial charge in [0.1, 0.15) is 0 Å². The van der Waals surface area contributed by atoms with E-state index in [4.69, 9.17) is 0 Å². The van der Waals surface area contributed by atoms with Crippen LogP contribution in [0.25, 0.3) is 0 Å². The number of nitrogens with zero attached hydrogens (tertiary/aromatic N) is 2. The van der Waals surface area contributed by atoms with Crippen molar-refractivity contribution in [2.24, 2.45) is 0 Å². The van der Waals surface area contributed by atoms with E-state index < -0.39 is 0 Å². The van der Waals surface area contributed by atoms with E-state index in [9.17, 15) is 4.79 Å². The van der Waals surface area contributed by atoms with Crippen molar-refractivity contribution < 1.29 is 4.79 Å². The first-order chi connectivity index (χ1) is 9.83. The first kappa shape index (κ1) is 13.4. The summed E-state index contributed by atoms with van der Waals surface area (Å²) in [6.45, 7) is 1.42. The van der Waals surface area contributed by atoms with Gasteiger partial charge in [0.25, 0.3) is 0 Å². The third-order valence-electron chi connectivity index (χ3n) is 3.71. The Kier molecular flexibility index (Phi) is 4.16. The van der Waals surface area contributed by atoms with Crippen LogP contribution in [0.1, 0.15) is 29.0 Å². The standard InChI is InChI=1S/C15H19N3OS/c19-15(10-13-5-3-9-20-13)16-7-8-18-14-6-2-1-4-12(14)11-17-18/h3,5,9,11H,1-2,4,6-8,10H2,(H,16,19). The van der Waals surface area contributed by atoms with Gasteiger partial charge in [0.15, 0.2) is 0 Å². The Morgan fingerprint density at radius 1 is 1.40 bits per heavy atom. The van der Waals surface area contributed by atoms with Crippen molar-refractivity contribution >= 4 is 17.2 Å². The Balaban J connectivity index is 1.48. The second-order valence-corrected chi connectivity index (χ2v) is 6.19. The lowest BCUT2D eigenvalue weighted by atomic mass is 9.98. The predicted octanol–water partition coefficient (Wildman–Crippen LogP) is 2.18. The number of amides is 1. The highest BCUT2D eigenvalue weighted by Gasteiger charge is 2.14. The van der Waals surface area contributed by atoms with Crippen molar-refractivity contribution in [2.75, 3.05) is 6.54 Å². The molecular weight excluding hydrogens is 270 g/mol. The molecule has 0 fully saturated rings. The zero-order valence-electron chi connectivity index (χ0n) is 11.5. The summed E-state index contributed by atoms with van der Waals surface area (Å²) in [6, 6.07) is 3.97. The fourth-order valence-corrected chi connectivity index (χ4v) is 3.39. The Hall–Kier alpha value is -1.62. The van der Waals surface area contributed by atoms with E-state index in [-0.39, 0.29) is 5.91 Å². The van der Waals surface area contributed by atoms with Crippen LogP contribution >= 0.6 is 11.3 Å². The Morgan fingerprint density at radius 3 is 3.15 bits per heavy atom. The number of carbonyl (C=O) groups is 1. The average Bonchev–Trinajstić information content (AvgIpc) is 3.09. The molecule has 2 heterocycles. The minimum Gasteiger partial charge on any atom is -0.354 e. The summed E-state index contributed by atoms with van der Waals surface area (Å²) in [5.41, 5.74) is 2.75. The van der Waals surface area contributed by atoms with Gasteiger partial charge in [-0.15, -0.1) is 11.3 Å². The first-order valence-electron chi connectivity index (χ1n) is 7.15. The number of fused-ring (bicyclic) bond motifs is 1. The fourth-order valence-electron chi connectivity index (χ4n) is 2.68. The highest BCUT2D eigenvalue weighted by atomic mass is 32.1. The normalized spacial score (nSPS) is 14.0. The summed E-state index contributed by atoms with van der Waals surface area (Å²) in [5.74, 6) is 0.0912. The third kappa shape index (κ3) is 3.10. The molecule has 0 aliphatic heterocycles. The molecule has 1 aliphatic rings. The smallest absolute Gasteiger partial charge is 0.225 e. The van der Waals surface area contributed by atoms with Crippen LogP contribution in [0.3, 0.4) is 0 Å². The summed E-state index contributed by atoms with van der Waals surface area (Å²) in [7, 11) is 0. The summed E-state index contributed by atoms with van der Waals surface area (Å²) in [5, 5.41) is 9.41. The molecule has 0 atom stereocenters. The average molecular weight is 289 g/mol. The summed E-state index contributed by atoms with van der Waals surface area (Å²) >= 11 is 1.62. The molecule has 0 unspecified atom stereocenters. The first-order valence-corrected chi connectivity index (χ1v) is 8.03. The molecule has 4 nitrogen and oxygen atoms in total. The molecule has 0 saturated carbocycles. The van der Waals surface area contributed by atoms with Crippen LogP contribution in [0, 0.1) is 0 Å². The van der Waals surface area contributed by atoms with Gasteiger partial charge in [0, 0.05) is 17.1 Å². The van der Waals surface area contributed by atoms with Gasteiger partial charge in [-0.25, -0.2) is 0 Å². The lowest BCUT2D eigenvalue weighted by Gasteiger charge is -2.14. The van der Waals surface area contributed by atoms with Gasteiger partial charge in [-0.1, -0.05) is 6.07 Å². The minimum atomic E-state index is 0.0912. The molecule has 1 amide bonds. The molecule has 2 aromatic heterocycles. The molecule has 0 radical (unpaired) electrons. The van der Waals surface area contributed by atoms with Crippen LogP contribution in [0.5, 0.6) is 0 Å². The van der Waals surface area contributed by atoms with Gasteiger partial charge in [0.2, 0.25) is 5.91 Å². The van der Waals surface area contributed by atoms with Crippen molar-refractivity contribution in [1.29, 1.82) is 0 Å². The van der Waals surface area contributed by atoms with Gasteiger partial charge in [-0.3, -0.25) is 9.48 Å². The number of hydrogen-bond donors (Lipinski definition) is 1. The predicted molar refractivity (Wildman–Crippen MR) is 79.9 cm³/mol. The summed E-state index contributed by atoms with van der Waals surface area (Å²) in [6.07, 6.45) is 7.27. The van der Waals surface area contributed by atoms with Gasteiger partial charge < -0.3 is 5.32 Å². The SMILES string of the molecule is O=C(Cc1cccs1)NCCn1ncc2c1CCCC2. The zero-order valence-corrected chi connectivity index (χ0v) is 12.3. The van der Waals surface area contributed by atoms with E-state index in [1.165, 1.54) is 24.1 Å². The number of thiophene rings is 1. The molecule has 5 heteroatoms. The van der Waals surface area contributed by atoms with E-state index in [2.05, 4.69) is 15.1 Å². The maximum Gasteiger partial charge on any atom is 0.225 e. The van der Waals surface area contributed by atoms with E-state index >= 15 is 0 Å². The zero-order chi connectivity index (χ0) is 13.8. The molecule has 3 rings (SSSR count). The second kappa shape index (κ2) is 6.22. The molecule has 1 aliphatic carbocycles. The minimum absolute atomic E-state index is 0.0912. The summed E-state index contributed by atoms with van der Waals surface area (Å²) < 4.78 is 2.06. The topological polar surface area (TPSA) is 46.9 Å². The molecule has 0 bridgehead atoms. The molecular formula is C15H19N3OS. The molecule has 2 aromatic rings. The second-order valence-electron chi connectivity index (χ2n) is 5.15. The van der Waals surface area contributed by atoms with Crippen LogP contribution in [-0.2, 0) is 30.6 Å². The highest BCUT2D eigenvalue weighted by molar-refractivity contribution is 7.10. The monoisotopic (exact) mass is 289 g/mol. The number of rotatable bonds is 5. The molecule has 0 saturated heterocycles. The van der Waals surface area contributed by atoms with Gasteiger partial charge in [-0.2, -0.15) is 5.10 Å². The van der Waals surface area contributed by atoms with Crippen LogP contribution in [-0.4, -0.2) is 22.2 Å². The number of aryl methyl sites for hydroxylation is 1. The molecule has 0 spiro atoms. The van der Waals surface area contributed by atoms with E-state index in [0.717, 1.165) is 24.3 Å².